The van der Waals surface area contributed by atoms with Gasteiger partial charge in [0.2, 0.25) is 11.5 Å². The van der Waals surface area contributed by atoms with E-state index in [4.69, 9.17) is 5.11 Å². The van der Waals surface area contributed by atoms with E-state index < -0.39 is 18.3 Å². The molecule has 0 aliphatic rings. The minimum Gasteiger partial charge on any atom is -0.481 e. The molecule has 1 aromatic rings. The number of aromatic amines is 1. The fourth-order valence-electron chi connectivity index (χ4n) is 0.831. The smallest absolute Gasteiger partial charge is 0.312 e. The van der Waals surface area contributed by atoms with E-state index in [0.29, 0.717) is 5.69 Å². The Hall–Kier alpha value is -2.11. The molecular formula is C8H8N2O4. The van der Waals surface area contributed by atoms with Crippen LogP contribution in [-0.2, 0) is 9.59 Å². The van der Waals surface area contributed by atoms with Gasteiger partial charge < -0.3 is 15.4 Å². The van der Waals surface area contributed by atoms with E-state index in [9.17, 15) is 14.4 Å². The molecule has 0 spiro atoms. The lowest BCUT2D eigenvalue weighted by Gasteiger charge is -2.01. The fourth-order valence-corrected chi connectivity index (χ4v) is 0.831. The lowest BCUT2D eigenvalue weighted by molar-refractivity contribution is -0.139. The molecule has 0 aromatic carbocycles. The number of pyridine rings is 1. The van der Waals surface area contributed by atoms with Gasteiger partial charge >= 0.3 is 5.97 Å². The Labute approximate surface area is 78.6 Å². The summed E-state index contributed by atoms with van der Waals surface area (Å²) in [5.41, 5.74) is 0.0667. The minimum absolute atomic E-state index is 0.291. The molecule has 3 N–H and O–H groups in total. The molecule has 1 rings (SSSR count). The van der Waals surface area contributed by atoms with Gasteiger partial charge in [-0.25, -0.2) is 0 Å². The van der Waals surface area contributed by atoms with Crippen LogP contribution in [0.1, 0.15) is 6.42 Å². The van der Waals surface area contributed by atoms with Crippen molar-refractivity contribution in [2.24, 2.45) is 0 Å². The second-order valence-corrected chi connectivity index (χ2v) is 2.56. The Morgan fingerprint density at radius 3 is 2.64 bits per heavy atom. The second kappa shape index (κ2) is 4.22. The van der Waals surface area contributed by atoms with E-state index in [1.807, 2.05) is 0 Å². The molecule has 1 amide bonds. The van der Waals surface area contributed by atoms with Gasteiger partial charge in [-0.2, -0.15) is 0 Å². The predicted octanol–water partition coefficient (Wildman–Crippen LogP) is -0.212. The number of aromatic nitrogens is 1. The van der Waals surface area contributed by atoms with Crippen molar-refractivity contribution in [3.05, 3.63) is 28.7 Å². The number of carboxylic acid groups (broad SMARTS) is 1. The van der Waals surface area contributed by atoms with Crippen molar-refractivity contribution in [3.8, 4) is 0 Å². The van der Waals surface area contributed by atoms with E-state index >= 15 is 0 Å². The summed E-state index contributed by atoms with van der Waals surface area (Å²) in [7, 11) is 0. The number of nitrogens with one attached hydrogen (secondary N) is 2. The zero-order valence-corrected chi connectivity index (χ0v) is 7.11. The highest BCUT2D eigenvalue weighted by atomic mass is 16.4. The molecule has 6 heteroatoms. The Bertz CT molecular complexity index is 390. The molecule has 0 atom stereocenters. The SMILES string of the molecule is O=C(O)CC(=O)Nc1ccc(=O)[nH]c1. The number of H-pyrrole nitrogens is 1. The monoisotopic (exact) mass is 196 g/mol. The molecule has 0 unspecified atom stereocenters. The summed E-state index contributed by atoms with van der Waals surface area (Å²) in [6.45, 7) is 0. The van der Waals surface area contributed by atoms with Crippen molar-refractivity contribution in [1.29, 1.82) is 0 Å². The van der Waals surface area contributed by atoms with Crippen LogP contribution in [0, 0.1) is 0 Å². The number of anilines is 1. The first-order chi connectivity index (χ1) is 6.58. The number of carboxylic acids is 1. The Morgan fingerprint density at radius 1 is 1.43 bits per heavy atom. The van der Waals surface area contributed by atoms with Crippen molar-refractivity contribution in [1.82, 2.24) is 4.98 Å². The maximum Gasteiger partial charge on any atom is 0.312 e. The van der Waals surface area contributed by atoms with Gasteiger partial charge in [-0.15, -0.1) is 0 Å². The van der Waals surface area contributed by atoms with Crippen LogP contribution in [-0.4, -0.2) is 22.0 Å². The molecule has 0 fully saturated rings. The zero-order valence-electron chi connectivity index (χ0n) is 7.11. The third-order valence-electron chi connectivity index (χ3n) is 1.38. The highest BCUT2D eigenvalue weighted by molar-refractivity contribution is 6.01. The van der Waals surface area contributed by atoms with Crippen molar-refractivity contribution < 1.29 is 14.7 Å². The summed E-state index contributed by atoms with van der Waals surface area (Å²) < 4.78 is 0. The third-order valence-corrected chi connectivity index (χ3v) is 1.38. The lowest BCUT2D eigenvalue weighted by atomic mass is 10.3. The highest BCUT2D eigenvalue weighted by Gasteiger charge is 2.06. The molecule has 0 aliphatic heterocycles. The lowest BCUT2D eigenvalue weighted by Crippen LogP contribution is -2.16. The molecule has 6 nitrogen and oxygen atoms in total. The molecule has 0 saturated carbocycles. The molecule has 0 aliphatic carbocycles. The van der Waals surface area contributed by atoms with Crippen LogP contribution in [0.2, 0.25) is 0 Å². The maximum atomic E-state index is 10.9. The van der Waals surface area contributed by atoms with Crippen LogP contribution in [0.3, 0.4) is 0 Å². The van der Waals surface area contributed by atoms with Crippen molar-refractivity contribution in [2.75, 3.05) is 5.32 Å². The fraction of sp³-hybridized carbons (Fsp3) is 0.125. The number of amides is 1. The van der Waals surface area contributed by atoms with Gasteiger partial charge in [0.25, 0.3) is 0 Å². The van der Waals surface area contributed by atoms with Gasteiger partial charge in [-0.05, 0) is 6.07 Å². The Kier molecular flexibility index (Phi) is 3.01. The molecule has 0 radical (unpaired) electrons. The molecule has 1 aromatic heterocycles. The Morgan fingerprint density at radius 2 is 2.14 bits per heavy atom. The number of carbonyl (C=O) groups excluding carboxylic acids is 1. The first kappa shape index (κ1) is 9.97. The molecule has 0 bridgehead atoms. The normalized spacial score (nSPS) is 9.43. The van der Waals surface area contributed by atoms with E-state index in [0.717, 1.165) is 0 Å². The first-order valence-corrected chi connectivity index (χ1v) is 3.78. The average molecular weight is 196 g/mol. The standard InChI is InChI=1S/C8H8N2O4/c11-6-2-1-5(4-9-6)10-7(12)3-8(13)14/h1-2,4H,3H2,(H,9,11)(H,10,12)(H,13,14). The zero-order chi connectivity index (χ0) is 10.6. The van der Waals surface area contributed by atoms with Gasteiger partial charge in [0, 0.05) is 12.3 Å². The summed E-state index contributed by atoms with van der Waals surface area (Å²) in [6, 6.07) is 2.62. The van der Waals surface area contributed by atoms with E-state index in [1.165, 1.54) is 18.3 Å². The quantitative estimate of drug-likeness (QED) is 0.582. The van der Waals surface area contributed by atoms with Crippen molar-refractivity contribution in [2.45, 2.75) is 6.42 Å². The van der Waals surface area contributed by atoms with Crippen molar-refractivity contribution >= 4 is 17.6 Å². The van der Waals surface area contributed by atoms with Crippen molar-refractivity contribution in [3.63, 3.8) is 0 Å². The average Bonchev–Trinajstić information content (AvgIpc) is 2.07. The van der Waals surface area contributed by atoms with E-state index in [-0.39, 0.29) is 5.56 Å². The van der Waals surface area contributed by atoms with E-state index in [1.54, 1.807) is 0 Å². The highest BCUT2D eigenvalue weighted by Crippen LogP contribution is 2.00. The van der Waals surface area contributed by atoms with Gasteiger partial charge in [0.15, 0.2) is 0 Å². The van der Waals surface area contributed by atoms with Crippen LogP contribution in [0.25, 0.3) is 0 Å². The molecular weight excluding hydrogens is 188 g/mol. The summed E-state index contributed by atoms with van der Waals surface area (Å²) in [4.78, 5) is 34.0. The number of rotatable bonds is 3. The second-order valence-electron chi connectivity index (χ2n) is 2.56. The van der Waals surface area contributed by atoms with Crippen LogP contribution in [0.4, 0.5) is 5.69 Å². The topological polar surface area (TPSA) is 99.3 Å². The number of hydrogen-bond donors (Lipinski definition) is 3. The first-order valence-electron chi connectivity index (χ1n) is 3.78. The van der Waals surface area contributed by atoms with E-state index in [2.05, 4.69) is 10.3 Å². The number of aliphatic carboxylic acids is 1. The number of carbonyl (C=O) groups is 2. The minimum atomic E-state index is -1.20. The van der Waals surface area contributed by atoms with Gasteiger partial charge in [0.05, 0.1) is 5.69 Å². The predicted molar refractivity (Wildman–Crippen MR) is 47.9 cm³/mol. The van der Waals surface area contributed by atoms with Gasteiger partial charge in [-0.1, -0.05) is 0 Å². The van der Waals surface area contributed by atoms with Crippen LogP contribution >= 0.6 is 0 Å². The summed E-state index contributed by atoms with van der Waals surface area (Å²) >= 11 is 0. The summed E-state index contributed by atoms with van der Waals surface area (Å²) in [5.74, 6) is -1.84. The Balaban J connectivity index is 2.60. The molecule has 0 saturated heterocycles. The largest absolute Gasteiger partial charge is 0.481 e. The molecule has 14 heavy (non-hydrogen) atoms. The molecule has 1 heterocycles. The van der Waals surface area contributed by atoms with Gasteiger partial charge in [-0.3, -0.25) is 14.4 Å². The van der Waals surface area contributed by atoms with Crippen LogP contribution < -0.4 is 10.9 Å². The van der Waals surface area contributed by atoms with Crippen LogP contribution in [0.15, 0.2) is 23.1 Å². The van der Waals surface area contributed by atoms with Crippen LogP contribution in [0.5, 0.6) is 0 Å². The summed E-state index contributed by atoms with van der Waals surface area (Å²) in [5, 5.41) is 10.6. The summed E-state index contributed by atoms with van der Waals surface area (Å²) in [6.07, 6.45) is 0.696. The molecule has 74 valence electrons. The maximum absolute atomic E-state index is 10.9. The number of hydrogen-bond acceptors (Lipinski definition) is 3. The van der Waals surface area contributed by atoms with Gasteiger partial charge in [0.1, 0.15) is 6.42 Å². The third kappa shape index (κ3) is 3.10.